The van der Waals surface area contributed by atoms with Crippen LogP contribution in [0.1, 0.15) is 31.1 Å². The molecular formula is C18H18N2O5. The molecule has 0 N–H and O–H groups in total. The molecule has 0 aliphatic heterocycles. The van der Waals surface area contributed by atoms with E-state index >= 15 is 0 Å². The third kappa shape index (κ3) is 3.50. The van der Waals surface area contributed by atoms with E-state index in [1.807, 2.05) is 6.07 Å². The van der Waals surface area contributed by atoms with Crippen molar-refractivity contribution in [1.82, 2.24) is 9.88 Å². The molecule has 0 saturated heterocycles. The Kier molecular flexibility index (Phi) is 5.49. The van der Waals surface area contributed by atoms with Crippen molar-refractivity contribution in [1.29, 1.82) is 0 Å². The van der Waals surface area contributed by atoms with Crippen LogP contribution in [0, 0.1) is 0 Å². The lowest BCUT2D eigenvalue weighted by atomic mass is 9.96. The predicted molar refractivity (Wildman–Crippen MR) is 90.4 cm³/mol. The second kappa shape index (κ2) is 7.57. The van der Waals surface area contributed by atoms with Crippen molar-refractivity contribution in [2.24, 2.45) is 0 Å². The van der Waals surface area contributed by atoms with Gasteiger partial charge in [0, 0.05) is 25.9 Å². The second-order valence-corrected chi connectivity index (χ2v) is 5.32. The summed E-state index contributed by atoms with van der Waals surface area (Å²) in [5.74, 6) is -2.07. The number of hydrogen-bond donors (Lipinski definition) is 0. The number of esters is 2. The summed E-state index contributed by atoms with van der Waals surface area (Å²) in [4.78, 5) is 42.7. The van der Waals surface area contributed by atoms with Gasteiger partial charge in [-0.2, -0.15) is 0 Å². The molecule has 7 heteroatoms. The molecule has 0 aliphatic rings. The third-order valence-corrected chi connectivity index (χ3v) is 3.54. The van der Waals surface area contributed by atoms with E-state index in [-0.39, 0.29) is 22.4 Å². The summed E-state index contributed by atoms with van der Waals surface area (Å²) >= 11 is 0. The molecule has 0 aliphatic carbocycles. The van der Waals surface area contributed by atoms with Gasteiger partial charge >= 0.3 is 11.9 Å². The van der Waals surface area contributed by atoms with Gasteiger partial charge in [-0.15, -0.1) is 0 Å². The Hall–Kier alpha value is -3.22. The zero-order valence-corrected chi connectivity index (χ0v) is 14.4. The molecule has 0 radical (unpaired) electrons. The number of carbonyl (C=O) groups is 3. The minimum Gasteiger partial charge on any atom is -0.465 e. The van der Waals surface area contributed by atoms with Gasteiger partial charge in [-0.1, -0.05) is 30.3 Å². The first kappa shape index (κ1) is 18.1. The van der Waals surface area contributed by atoms with Crippen molar-refractivity contribution in [3.8, 4) is 11.3 Å². The van der Waals surface area contributed by atoms with E-state index < -0.39 is 17.8 Å². The average molecular weight is 342 g/mol. The maximum absolute atomic E-state index is 12.8. The van der Waals surface area contributed by atoms with Gasteiger partial charge in [-0.3, -0.25) is 9.78 Å². The van der Waals surface area contributed by atoms with Gasteiger partial charge in [0.2, 0.25) is 0 Å². The van der Waals surface area contributed by atoms with E-state index in [0.29, 0.717) is 5.56 Å². The van der Waals surface area contributed by atoms with Gasteiger partial charge in [0.25, 0.3) is 5.91 Å². The van der Waals surface area contributed by atoms with E-state index in [4.69, 9.17) is 9.47 Å². The topological polar surface area (TPSA) is 85.8 Å². The summed E-state index contributed by atoms with van der Waals surface area (Å²) < 4.78 is 9.49. The Balaban J connectivity index is 2.89. The molecule has 0 spiro atoms. The largest absolute Gasteiger partial charge is 0.465 e. The maximum atomic E-state index is 12.8. The number of nitrogens with zero attached hydrogens (tertiary/aromatic N) is 2. The zero-order chi connectivity index (χ0) is 18.6. The number of amides is 1. The fourth-order valence-corrected chi connectivity index (χ4v) is 2.34. The number of pyridine rings is 1. The van der Waals surface area contributed by atoms with Crippen molar-refractivity contribution in [3.63, 3.8) is 0 Å². The molecular weight excluding hydrogens is 324 g/mol. The fourth-order valence-electron chi connectivity index (χ4n) is 2.34. The van der Waals surface area contributed by atoms with Crippen LogP contribution in [-0.4, -0.2) is 56.0 Å². The van der Waals surface area contributed by atoms with E-state index in [1.54, 1.807) is 38.4 Å². The summed E-state index contributed by atoms with van der Waals surface area (Å²) in [6, 6.07) is 8.90. The van der Waals surface area contributed by atoms with E-state index in [1.165, 1.54) is 25.3 Å². The van der Waals surface area contributed by atoms with Crippen LogP contribution in [-0.2, 0) is 9.47 Å². The van der Waals surface area contributed by atoms with E-state index in [9.17, 15) is 14.4 Å². The summed E-state index contributed by atoms with van der Waals surface area (Å²) in [6.45, 7) is 0. The molecule has 1 aromatic heterocycles. The highest BCUT2D eigenvalue weighted by Gasteiger charge is 2.30. The van der Waals surface area contributed by atoms with Crippen LogP contribution in [0.5, 0.6) is 0 Å². The summed E-state index contributed by atoms with van der Waals surface area (Å²) in [6.07, 6.45) is 1.22. The van der Waals surface area contributed by atoms with Crippen molar-refractivity contribution >= 4 is 17.8 Å². The van der Waals surface area contributed by atoms with Crippen molar-refractivity contribution in [2.75, 3.05) is 28.3 Å². The molecule has 0 unspecified atom stereocenters. The number of methoxy groups -OCH3 is 2. The van der Waals surface area contributed by atoms with Gasteiger partial charge in [0.15, 0.2) is 0 Å². The van der Waals surface area contributed by atoms with Gasteiger partial charge in [-0.25, -0.2) is 9.59 Å². The number of rotatable bonds is 4. The first-order chi connectivity index (χ1) is 11.9. The Bertz CT molecular complexity index is 816. The molecule has 1 heterocycles. The number of ether oxygens (including phenoxy) is 2. The summed E-state index contributed by atoms with van der Waals surface area (Å²) in [7, 11) is 5.45. The molecule has 130 valence electrons. The molecule has 0 saturated carbocycles. The predicted octanol–water partition coefficient (Wildman–Crippen LogP) is 2.02. The Morgan fingerprint density at radius 1 is 0.920 bits per heavy atom. The summed E-state index contributed by atoms with van der Waals surface area (Å²) in [5.41, 5.74) is 0.619. The highest BCUT2D eigenvalue weighted by Crippen LogP contribution is 2.28. The normalized spacial score (nSPS) is 10.1. The van der Waals surface area contributed by atoms with Gasteiger partial charge < -0.3 is 14.4 Å². The molecule has 2 rings (SSSR count). The van der Waals surface area contributed by atoms with Crippen molar-refractivity contribution < 1.29 is 23.9 Å². The van der Waals surface area contributed by atoms with Crippen LogP contribution >= 0.6 is 0 Å². The monoisotopic (exact) mass is 342 g/mol. The average Bonchev–Trinajstić information content (AvgIpc) is 2.65. The molecule has 25 heavy (non-hydrogen) atoms. The Morgan fingerprint density at radius 2 is 1.52 bits per heavy atom. The minimum absolute atomic E-state index is 0.00838. The van der Waals surface area contributed by atoms with E-state index in [2.05, 4.69) is 4.98 Å². The first-order valence-electron chi connectivity index (χ1n) is 7.39. The molecule has 2 aromatic rings. The van der Waals surface area contributed by atoms with Crippen molar-refractivity contribution in [2.45, 2.75) is 0 Å². The SMILES string of the molecule is COC(=O)c1cnc(-c2ccccc2)c(C(=O)N(C)C)c1C(=O)OC. The standard InChI is InChI=1S/C18H18N2O5/c1-20(2)16(21)14-13(18(23)25-4)12(17(22)24-3)10-19-15(14)11-8-6-5-7-9-11/h5-10H,1-4H3. The first-order valence-corrected chi connectivity index (χ1v) is 7.39. The lowest BCUT2D eigenvalue weighted by Gasteiger charge is -2.18. The van der Waals surface area contributed by atoms with Crippen LogP contribution in [0.4, 0.5) is 0 Å². The lowest BCUT2D eigenvalue weighted by Crippen LogP contribution is -2.27. The quantitative estimate of drug-likeness (QED) is 0.790. The lowest BCUT2D eigenvalue weighted by molar-refractivity contribution is 0.0551. The second-order valence-electron chi connectivity index (χ2n) is 5.32. The molecule has 7 nitrogen and oxygen atoms in total. The third-order valence-electron chi connectivity index (χ3n) is 3.54. The summed E-state index contributed by atoms with van der Waals surface area (Å²) in [5, 5.41) is 0. The minimum atomic E-state index is -0.815. The molecule has 1 aromatic carbocycles. The molecule has 1 amide bonds. The zero-order valence-electron chi connectivity index (χ0n) is 14.4. The van der Waals surface area contributed by atoms with Gasteiger partial charge in [-0.05, 0) is 0 Å². The Labute approximate surface area is 145 Å². The Morgan fingerprint density at radius 3 is 2.04 bits per heavy atom. The van der Waals surface area contributed by atoms with E-state index in [0.717, 1.165) is 0 Å². The number of carbonyl (C=O) groups excluding carboxylic acids is 3. The maximum Gasteiger partial charge on any atom is 0.340 e. The van der Waals surface area contributed by atoms with Crippen LogP contribution in [0.3, 0.4) is 0 Å². The number of benzene rings is 1. The van der Waals surface area contributed by atoms with Gasteiger partial charge in [0.1, 0.15) is 0 Å². The molecule has 0 fully saturated rings. The smallest absolute Gasteiger partial charge is 0.340 e. The highest BCUT2D eigenvalue weighted by molar-refractivity contribution is 6.14. The number of hydrogen-bond acceptors (Lipinski definition) is 6. The van der Waals surface area contributed by atoms with Crippen LogP contribution < -0.4 is 0 Å². The highest BCUT2D eigenvalue weighted by atomic mass is 16.5. The fraction of sp³-hybridized carbons (Fsp3) is 0.222. The number of aromatic nitrogens is 1. The van der Waals surface area contributed by atoms with Crippen molar-refractivity contribution in [3.05, 3.63) is 53.2 Å². The van der Waals surface area contributed by atoms with Gasteiger partial charge in [0.05, 0.1) is 36.6 Å². The van der Waals surface area contributed by atoms with Crippen LogP contribution in [0.25, 0.3) is 11.3 Å². The van der Waals surface area contributed by atoms with Crippen LogP contribution in [0.15, 0.2) is 36.5 Å². The molecule has 0 atom stereocenters. The molecule has 0 bridgehead atoms. The van der Waals surface area contributed by atoms with Crippen LogP contribution in [0.2, 0.25) is 0 Å².